The van der Waals surface area contributed by atoms with E-state index in [1.165, 1.54) is 12.8 Å². The van der Waals surface area contributed by atoms with Gasteiger partial charge >= 0.3 is 0 Å². The predicted molar refractivity (Wildman–Crippen MR) is 62.2 cm³/mol. The first-order valence-electron chi connectivity index (χ1n) is 5.56. The molecule has 1 atom stereocenters. The molecular formula is C12H15N3O. The van der Waals surface area contributed by atoms with E-state index < -0.39 is 0 Å². The van der Waals surface area contributed by atoms with E-state index in [2.05, 4.69) is 10.0 Å². The van der Waals surface area contributed by atoms with Gasteiger partial charge in [0.1, 0.15) is 5.75 Å². The van der Waals surface area contributed by atoms with Crippen molar-refractivity contribution < 1.29 is 4.74 Å². The van der Waals surface area contributed by atoms with Gasteiger partial charge in [-0.15, -0.1) is 0 Å². The molecule has 4 nitrogen and oxygen atoms in total. The first-order valence-corrected chi connectivity index (χ1v) is 5.56. The molecule has 1 saturated carbocycles. The molecule has 0 spiro atoms. The summed E-state index contributed by atoms with van der Waals surface area (Å²) in [7, 11) is 0. The highest BCUT2D eigenvalue weighted by atomic mass is 16.5. The topological polar surface area (TPSA) is 58.0 Å². The normalized spacial score (nSPS) is 16.3. The van der Waals surface area contributed by atoms with Crippen LogP contribution in [-0.4, -0.2) is 6.61 Å². The van der Waals surface area contributed by atoms with Crippen molar-refractivity contribution in [3.63, 3.8) is 0 Å². The van der Waals surface area contributed by atoms with Gasteiger partial charge in [-0.3, -0.25) is 0 Å². The summed E-state index contributed by atoms with van der Waals surface area (Å²) in [5.41, 5.74) is 9.35. The van der Waals surface area contributed by atoms with Gasteiger partial charge in [0, 0.05) is 4.91 Å². The van der Waals surface area contributed by atoms with Crippen molar-refractivity contribution in [2.45, 2.75) is 25.8 Å². The fourth-order valence-electron chi connectivity index (χ4n) is 1.49. The van der Waals surface area contributed by atoms with Crippen molar-refractivity contribution in [2.75, 3.05) is 6.61 Å². The van der Waals surface area contributed by atoms with Crippen LogP contribution >= 0.6 is 0 Å². The number of benzene rings is 1. The Morgan fingerprint density at radius 3 is 2.69 bits per heavy atom. The van der Waals surface area contributed by atoms with Crippen molar-refractivity contribution in [3.05, 3.63) is 40.3 Å². The van der Waals surface area contributed by atoms with Crippen LogP contribution in [0.15, 0.2) is 29.4 Å². The smallest absolute Gasteiger partial charge is 0.119 e. The monoisotopic (exact) mass is 217 g/mol. The Labute approximate surface area is 94.9 Å². The maximum Gasteiger partial charge on any atom is 0.119 e. The number of hydrogen-bond acceptors (Lipinski definition) is 2. The summed E-state index contributed by atoms with van der Waals surface area (Å²) in [6, 6.07) is 7.63. The minimum atomic E-state index is -0.123. The number of rotatable bonds is 5. The van der Waals surface area contributed by atoms with Crippen LogP contribution in [0.1, 0.15) is 31.4 Å². The molecule has 16 heavy (non-hydrogen) atoms. The molecule has 0 aliphatic heterocycles. The first kappa shape index (κ1) is 10.8. The van der Waals surface area contributed by atoms with E-state index in [4.69, 9.17) is 10.3 Å². The van der Waals surface area contributed by atoms with E-state index >= 15 is 0 Å². The standard InChI is InChI=1S/C12H15N3O/c1-9(14-15-13)11-4-6-12(7-5-11)16-8-10-2-3-10/h4-7,9-10H,2-3,8H2,1H3. The molecule has 1 aromatic carbocycles. The number of ether oxygens (including phenoxy) is 1. The third-order valence-electron chi connectivity index (χ3n) is 2.77. The lowest BCUT2D eigenvalue weighted by Gasteiger charge is -2.08. The van der Waals surface area contributed by atoms with Crippen molar-refractivity contribution >= 4 is 0 Å². The third-order valence-corrected chi connectivity index (χ3v) is 2.77. The highest BCUT2D eigenvalue weighted by molar-refractivity contribution is 5.29. The first-order chi connectivity index (χ1) is 7.79. The lowest BCUT2D eigenvalue weighted by atomic mass is 10.1. The summed E-state index contributed by atoms with van der Waals surface area (Å²) in [6.45, 7) is 2.70. The zero-order chi connectivity index (χ0) is 11.4. The molecular weight excluding hydrogens is 202 g/mol. The minimum absolute atomic E-state index is 0.123. The molecule has 0 bridgehead atoms. The van der Waals surface area contributed by atoms with E-state index in [9.17, 15) is 0 Å². The molecule has 84 valence electrons. The van der Waals surface area contributed by atoms with Gasteiger partial charge in [0.25, 0.3) is 0 Å². The van der Waals surface area contributed by atoms with E-state index in [1.54, 1.807) is 0 Å². The van der Waals surface area contributed by atoms with E-state index in [1.807, 2.05) is 31.2 Å². The Bertz CT molecular complexity index is 391. The zero-order valence-corrected chi connectivity index (χ0v) is 9.34. The Hall–Kier alpha value is -1.67. The average molecular weight is 217 g/mol. The van der Waals surface area contributed by atoms with Gasteiger partial charge in [-0.2, -0.15) is 0 Å². The van der Waals surface area contributed by atoms with Crippen LogP contribution in [0, 0.1) is 5.92 Å². The van der Waals surface area contributed by atoms with Crippen LogP contribution in [0.25, 0.3) is 10.4 Å². The molecule has 0 saturated heterocycles. The SMILES string of the molecule is CC(N=[N+]=[N-])c1ccc(OCC2CC2)cc1. The highest BCUT2D eigenvalue weighted by Gasteiger charge is 2.21. The van der Waals surface area contributed by atoms with Gasteiger partial charge in [-0.25, -0.2) is 0 Å². The van der Waals surface area contributed by atoms with Gasteiger partial charge in [0.2, 0.25) is 0 Å². The molecule has 1 fully saturated rings. The van der Waals surface area contributed by atoms with Crippen LogP contribution < -0.4 is 4.74 Å². The second-order valence-electron chi connectivity index (χ2n) is 4.20. The van der Waals surface area contributed by atoms with Gasteiger partial charge in [-0.1, -0.05) is 24.2 Å². The van der Waals surface area contributed by atoms with E-state index in [0.717, 1.165) is 23.8 Å². The lowest BCUT2D eigenvalue weighted by molar-refractivity contribution is 0.299. The summed E-state index contributed by atoms with van der Waals surface area (Å²) >= 11 is 0. The fourth-order valence-corrected chi connectivity index (χ4v) is 1.49. The van der Waals surface area contributed by atoms with Crippen molar-refractivity contribution in [2.24, 2.45) is 11.0 Å². The summed E-state index contributed by atoms with van der Waals surface area (Å²) < 4.78 is 5.62. The molecule has 2 rings (SSSR count). The Morgan fingerprint density at radius 1 is 1.44 bits per heavy atom. The summed E-state index contributed by atoms with van der Waals surface area (Å²) in [4.78, 5) is 2.80. The third kappa shape index (κ3) is 2.91. The predicted octanol–water partition coefficient (Wildman–Crippen LogP) is 3.85. The molecule has 0 amide bonds. The quantitative estimate of drug-likeness (QED) is 0.420. The molecule has 0 aromatic heterocycles. The molecule has 0 heterocycles. The Kier molecular flexibility index (Phi) is 3.32. The largest absolute Gasteiger partial charge is 0.493 e. The van der Waals surface area contributed by atoms with Gasteiger partial charge in [0.15, 0.2) is 0 Å². The van der Waals surface area contributed by atoms with Gasteiger partial charge in [-0.05, 0) is 42.0 Å². The Morgan fingerprint density at radius 2 is 2.12 bits per heavy atom. The maximum atomic E-state index is 8.34. The van der Waals surface area contributed by atoms with Crippen LogP contribution in [0.4, 0.5) is 0 Å². The van der Waals surface area contributed by atoms with E-state index in [-0.39, 0.29) is 6.04 Å². The van der Waals surface area contributed by atoms with Crippen LogP contribution in [-0.2, 0) is 0 Å². The Balaban J connectivity index is 1.94. The number of nitrogens with zero attached hydrogens (tertiary/aromatic N) is 3. The van der Waals surface area contributed by atoms with Crippen LogP contribution in [0.2, 0.25) is 0 Å². The molecule has 1 aliphatic rings. The molecule has 0 radical (unpaired) electrons. The summed E-state index contributed by atoms with van der Waals surface area (Å²) in [5, 5.41) is 3.65. The number of hydrogen-bond donors (Lipinski definition) is 0. The summed E-state index contributed by atoms with van der Waals surface area (Å²) in [6.07, 6.45) is 2.60. The molecule has 1 aromatic rings. The molecule has 1 aliphatic carbocycles. The molecule has 0 N–H and O–H groups in total. The van der Waals surface area contributed by atoms with Crippen molar-refractivity contribution in [3.8, 4) is 5.75 Å². The van der Waals surface area contributed by atoms with Crippen molar-refractivity contribution in [1.82, 2.24) is 0 Å². The zero-order valence-electron chi connectivity index (χ0n) is 9.34. The van der Waals surface area contributed by atoms with Crippen LogP contribution in [0.5, 0.6) is 5.75 Å². The maximum absolute atomic E-state index is 8.34. The van der Waals surface area contributed by atoms with Crippen molar-refractivity contribution in [1.29, 1.82) is 0 Å². The second kappa shape index (κ2) is 4.90. The van der Waals surface area contributed by atoms with E-state index in [0.29, 0.717) is 0 Å². The van der Waals surface area contributed by atoms with Gasteiger partial charge in [0.05, 0.1) is 12.6 Å². The second-order valence-corrected chi connectivity index (χ2v) is 4.20. The fraction of sp³-hybridized carbons (Fsp3) is 0.500. The average Bonchev–Trinajstić information content (AvgIpc) is 3.11. The lowest BCUT2D eigenvalue weighted by Crippen LogP contribution is -1.99. The number of azide groups is 1. The molecule has 1 unspecified atom stereocenters. The molecule has 4 heteroatoms. The van der Waals surface area contributed by atoms with Crippen LogP contribution in [0.3, 0.4) is 0 Å². The van der Waals surface area contributed by atoms with Gasteiger partial charge < -0.3 is 4.74 Å². The minimum Gasteiger partial charge on any atom is -0.493 e. The summed E-state index contributed by atoms with van der Waals surface area (Å²) in [5.74, 6) is 1.66. The highest BCUT2D eigenvalue weighted by Crippen LogP contribution is 2.29.